The topological polar surface area (TPSA) is 54.5 Å². The third-order valence-electron chi connectivity index (χ3n) is 3.51. The van der Waals surface area contributed by atoms with Gasteiger partial charge in [-0.1, -0.05) is 32.0 Å². The van der Waals surface area contributed by atoms with Gasteiger partial charge in [0.2, 0.25) is 0 Å². The molecule has 0 aliphatic heterocycles. The number of ether oxygens (including phenoxy) is 1. The van der Waals surface area contributed by atoms with Crippen LogP contribution in [0.2, 0.25) is 0 Å². The van der Waals surface area contributed by atoms with E-state index < -0.39 is 0 Å². The Labute approximate surface area is 147 Å². The number of para-hydroxylation sites is 1. The molecule has 0 saturated heterocycles. The van der Waals surface area contributed by atoms with Crippen molar-refractivity contribution < 1.29 is 9.53 Å². The summed E-state index contributed by atoms with van der Waals surface area (Å²) in [5.74, 6) is 1.27. The van der Waals surface area contributed by atoms with Gasteiger partial charge in [0.25, 0.3) is 0 Å². The smallest absolute Gasteiger partial charge is 0.317 e. The van der Waals surface area contributed by atoms with Crippen LogP contribution in [-0.4, -0.2) is 42.7 Å². The molecule has 0 radical (unpaired) electrons. The van der Waals surface area contributed by atoms with Crippen molar-refractivity contribution in [1.29, 1.82) is 0 Å². The molecule has 0 unspecified atom stereocenters. The summed E-state index contributed by atoms with van der Waals surface area (Å²) in [5, 5.41) is 6.13. The van der Waals surface area contributed by atoms with Crippen LogP contribution in [0, 0.1) is 0 Å². The van der Waals surface area contributed by atoms with Crippen LogP contribution < -0.4 is 10.1 Å². The van der Waals surface area contributed by atoms with Gasteiger partial charge in [-0.05, 0) is 12.1 Å². The molecule has 0 atom stereocenters. The second-order valence-electron chi connectivity index (χ2n) is 5.90. The van der Waals surface area contributed by atoms with E-state index in [0.29, 0.717) is 25.6 Å². The van der Waals surface area contributed by atoms with E-state index in [4.69, 9.17) is 4.74 Å². The van der Waals surface area contributed by atoms with E-state index in [9.17, 15) is 4.79 Å². The van der Waals surface area contributed by atoms with Gasteiger partial charge in [-0.3, -0.25) is 0 Å². The summed E-state index contributed by atoms with van der Waals surface area (Å²) in [6.45, 7) is 5.87. The van der Waals surface area contributed by atoms with Gasteiger partial charge in [-0.2, -0.15) is 0 Å². The van der Waals surface area contributed by atoms with Crippen LogP contribution in [0.5, 0.6) is 5.75 Å². The van der Waals surface area contributed by atoms with E-state index in [1.165, 1.54) is 0 Å². The van der Waals surface area contributed by atoms with Crippen molar-refractivity contribution in [1.82, 2.24) is 15.2 Å². The lowest BCUT2D eigenvalue weighted by molar-refractivity contribution is 0.195. The third kappa shape index (κ3) is 5.85. The predicted octanol–water partition coefficient (Wildman–Crippen LogP) is 3.53. The van der Waals surface area contributed by atoms with Crippen molar-refractivity contribution in [3.05, 3.63) is 46.4 Å². The first-order valence-electron chi connectivity index (χ1n) is 8.17. The molecule has 0 aliphatic rings. The fourth-order valence-electron chi connectivity index (χ4n) is 2.05. The van der Waals surface area contributed by atoms with Crippen LogP contribution in [0.4, 0.5) is 4.79 Å². The number of hydrogen-bond donors (Lipinski definition) is 1. The van der Waals surface area contributed by atoms with Crippen molar-refractivity contribution in [2.45, 2.75) is 26.2 Å². The first kappa shape index (κ1) is 18.3. The Balaban J connectivity index is 1.64. The van der Waals surface area contributed by atoms with E-state index >= 15 is 0 Å². The zero-order valence-corrected chi connectivity index (χ0v) is 15.3. The Morgan fingerprint density at radius 3 is 2.75 bits per heavy atom. The molecule has 0 saturated carbocycles. The first-order valence-corrected chi connectivity index (χ1v) is 9.05. The number of amides is 2. The largest absolute Gasteiger partial charge is 0.492 e. The number of hydrogen-bond acceptors (Lipinski definition) is 4. The first-order chi connectivity index (χ1) is 11.6. The summed E-state index contributed by atoms with van der Waals surface area (Å²) in [6.07, 6.45) is 0.753. The molecule has 2 aromatic rings. The highest BCUT2D eigenvalue weighted by molar-refractivity contribution is 7.09. The van der Waals surface area contributed by atoms with Gasteiger partial charge >= 0.3 is 6.03 Å². The molecule has 5 nitrogen and oxygen atoms in total. The number of carbonyl (C=O) groups excluding carboxylic acids is 1. The highest BCUT2D eigenvalue weighted by atomic mass is 32.1. The van der Waals surface area contributed by atoms with Gasteiger partial charge in [0.15, 0.2) is 0 Å². The lowest BCUT2D eigenvalue weighted by Gasteiger charge is -2.18. The zero-order chi connectivity index (χ0) is 17.4. The maximum Gasteiger partial charge on any atom is 0.317 e. The molecule has 1 heterocycles. The van der Waals surface area contributed by atoms with Gasteiger partial charge in [0.1, 0.15) is 12.4 Å². The Hall–Kier alpha value is -2.08. The molecule has 2 rings (SSSR count). The number of thiazole rings is 1. The molecular formula is C18H25N3O2S. The summed E-state index contributed by atoms with van der Waals surface area (Å²) in [7, 11) is 1.77. The van der Waals surface area contributed by atoms with Crippen LogP contribution in [0.3, 0.4) is 0 Å². The highest BCUT2D eigenvalue weighted by Gasteiger charge is 2.09. The fourth-order valence-corrected chi connectivity index (χ4v) is 2.92. The van der Waals surface area contributed by atoms with Gasteiger partial charge in [0, 0.05) is 31.3 Å². The Kier molecular flexibility index (Phi) is 7.06. The normalized spacial score (nSPS) is 10.7. The number of urea groups is 1. The van der Waals surface area contributed by atoms with Gasteiger partial charge in [-0.15, -0.1) is 11.3 Å². The van der Waals surface area contributed by atoms with Gasteiger partial charge in [0.05, 0.1) is 17.2 Å². The maximum absolute atomic E-state index is 12.0. The SMILES string of the molecule is CC(C)c1nc(CCNC(=O)N(C)CCOc2ccccc2)cs1. The van der Waals surface area contributed by atoms with E-state index in [1.807, 2.05) is 30.3 Å². The number of rotatable bonds is 8. The highest BCUT2D eigenvalue weighted by Crippen LogP contribution is 2.19. The van der Waals surface area contributed by atoms with Crippen molar-refractivity contribution >= 4 is 17.4 Å². The molecule has 1 aromatic heterocycles. The molecule has 0 aliphatic carbocycles. The van der Waals surface area contributed by atoms with Crippen molar-refractivity contribution in [2.24, 2.45) is 0 Å². The van der Waals surface area contributed by atoms with Crippen LogP contribution >= 0.6 is 11.3 Å². The Morgan fingerprint density at radius 1 is 1.33 bits per heavy atom. The van der Waals surface area contributed by atoms with Gasteiger partial charge in [-0.25, -0.2) is 9.78 Å². The molecule has 0 spiro atoms. The fraction of sp³-hybridized carbons (Fsp3) is 0.444. The molecule has 6 heteroatoms. The summed E-state index contributed by atoms with van der Waals surface area (Å²) in [4.78, 5) is 18.2. The third-order valence-corrected chi connectivity index (χ3v) is 4.70. The predicted molar refractivity (Wildman–Crippen MR) is 97.9 cm³/mol. The second kappa shape index (κ2) is 9.27. The quantitative estimate of drug-likeness (QED) is 0.795. The summed E-state index contributed by atoms with van der Waals surface area (Å²) in [5.41, 5.74) is 1.04. The number of nitrogens with zero attached hydrogens (tertiary/aromatic N) is 2. The molecule has 1 N–H and O–H groups in total. The molecule has 0 fully saturated rings. The summed E-state index contributed by atoms with van der Waals surface area (Å²) in [6, 6.07) is 9.51. The molecular weight excluding hydrogens is 322 g/mol. The van der Waals surface area contributed by atoms with Gasteiger partial charge < -0.3 is 15.0 Å². The minimum absolute atomic E-state index is 0.0917. The lowest BCUT2D eigenvalue weighted by Crippen LogP contribution is -2.40. The van der Waals surface area contributed by atoms with Crippen molar-refractivity contribution in [3.63, 3.8) is 0 Å². The summed E-state index contributed by atoms with van der Waals surface area (Å²) >= 11 is 1.68. The average molecular weight is 347 g/mol. The number of likely N-dealkylation sites (N-methyl/N-ethyl adjacent to an activating group) is 1. The second-order valence-corrected chi connectivity index (χ2v) is 6.79. The van der Waals surface area contributed by atoms with Crippen LogP contribution in [0.1, 0.15) is 30.5 Å². The summed E-state index contributed by atoms with van der Waals surface area (Å²) < 4.78 is 5.60. The molecule has 2 amide bonds. The maximum atomic E-state index is 12.0. The van der Waals surface area contributed by atoms with Crippen LogP contribution in [-0.2, 0) is 6.42 Å². The minimum Gasteiger partial charge on any atom is -0.492 e. The van der Waals surface area contributed by atoms with E-state index in [2.05, 4.69) is 29.5 Å². The van der Waals surface area contributed by atoms with Crippen LogP contribution in [0.15, 0.2) is 35.7 Å². The van der Waals surface area contributed by atoms with E-state index in [1.54, 1.807) is 23.3 Å². The zero-order valence-electron chi connectivity index (χ0n) is 14.5. The molecule has 24 heavy (non-hydrogen) atoms. The van der Waals surface area contributed by atoms with E-state index in [-0.39, 0.29) is 6.03 Å². The monoisotopic (exact) mass is 347 g/mol. The molecule has 130 valence electrons. The Bertz CT molecular complexity index is 628. The number of benzene rings is 1. The minimum atomic E-state index is -0.0917. The Morgan fingerprint density at radius 2 is 2.08 bits per heavy atom. The number of aromatic nitrogens is 1. The lowest BCUT2D eigenvalue weighted by atomic mass is 10.2. The number of nitrogens with one attached hydrogen (secondary N) is 1. The molecule has 1 aromatic carbocycles. The van der Waals surface area contributed by atoms with E-state index in [0.717, 1.165) is 22.9 Å². The average Bonchev–Trinajstić information content (AvgIpc) is 3.05. The molecule has 0 bridgehead atoms. The van der Waals surface area contributed by atoms with Crippen molar-refractivity contribution in [3.8, 4) is 5.75 Å². The standard InChI is InChI=1S/C18H25N3O2S/c1-14(2)17-20-15(13-24-17)9-10-19-18(22)21(3)11-12-23-16-7-5-4-6-8-16/h4-8,13-14H,9-12H2,1-3H3,(H,19,22). The van der Waals surface area contributed by atoms with Crippen molar-refractivity contribution in [2.75, 3.05) is 26.7 Å². The number of carbonyl (C=O) groups is 1. The van der Waals surface area contributed by atoms with Crippen LogP contribution in [0.25, 0.3) is 0 Å².